The molecule has 0 radical (unpaired) electrons. The highest BCUT2D eigenvalue weighted by Gasteiger charge is 2.35. The number of likely N-dealkylation sites (tertiary alicyclic amines) is 1. The van der Waals surface area contributed by atoms with Gasteiger partial charge in [0.25, 0.3) is 0 Å². The highest BCUT2D eigenvalue weighted by Crippen LogP contribution is 2.25. The van der Waals surface area contributed by atoms with Gasteiger partial charge in [-0.25, -0.2) is 4.79 Å². The van der Waals surface area contributed by atoms with Crippen LogP contribution in [-0.4, -0.2) is 72.5 Å². The predicted molar refractivity (Wildman–Crippen MR) is 80.0 cm³/mol. The number of carbonyl (C=O) groups is 1. The van der Waals surface area contributed by atoms with E-state index >= 15 is 0 Å². The molecule has 1 saturated heterocycles. The molecular formula is C15H26F3N3O2. The van der Waals surface area contributed by atoms with Crippen LogP contribution in [-0.2, 0) is 0 Å². The summed E-state index contributed by atoms with van der Waals surface area (Å²) in [6, 6.07) is -0.523. The smallest absolute Gasteiger partial charge is 0.393 e. The lowest BCUT2D eigenvalue weighted by Crippen LogP contribution is -2.47. The van der Waals surface area contributed by atoms with Crippen LogP contribution in [0.1, 0.15) is 32.1 Å². The minimum atomic E-state index is -4.20. The van der Waals surface area contributed by atoms with Gasteiger partial charge < -0.3 is 15.3 Å². The number of amides is 2. The molecule has 5 nitrogen and oxygen atoms in total. The Hall–Kier alpha value is -1.02. The summed E-state index contributed by atoms with van der Waals surface area (Å²) in [5, 5.41) is 12.8. The van der Waals surface area contributed by atoms with Crippen molar-refractivity contribution >= 4 is 6.03 Å². The summed E-state index contributed by atoms with van der Waals surface area (Å²) in [6.07, 6.45) is -0.282. The number of aliphatic hydroxyl groups is 1. The molecule has 1 aliphatic carbocycles. The number of hydrogen-bond donors (Lipinski definition) is 2. The quantitative estimate of drug-likeness (QED) is 0.823. The van der Waals surface area contributed by atoms with Gasteiger partial charge in [0, 0.05) is 38.6 Å². The van der Waals surface area contributed by atoms with Gasteiger partial charge in [-0.15, -0.1) is 0 Å². The number of urea groups is 1. The molecule has 8 heteroatoms. The second kappa shape index (κ2) is 7.70. The van der Waals surface area contributed by atoms with Gasteiger partial charge in [0.15, 0.2) is 0 Å². The van der Waals surface area contributed by atoms with Crippen molar-refractivity contribution in [2.75, 3.05) is 33.2 Å². The first-order chi connectivity index (χ1) is 10.7. The molecule has 0 aromatic carbocycles. The first-order valence-electron chi connectivity index (χ1n) is 8.23. The molecule has 0 unspecified atom stereocenters. The summed E-state index contributed by atoms with van der Waals surface area (Å²) in [5.74, 6) is 0.0878. The minimum Gasteiger partial charge on any atom is -0.393 e. The van der Waals surface area contributed by atoms with E-state index in [9.17, 15) is 23.1 Å². The number of aliphatic hydroxyl groups excluding tert-OH is 1. The zero-order chi connectivity index (χ0) is 17.0. The number of hydrogen-bond acceptors (Lipinski definition) is 3. The molecule has 2 rings (SSSR count). The van der Waals surface area contributed by atoms with Gasteiger partial charge >= 0.3 is 12.2 Å². The maximum absolute atomic E-state index is 12.4. The minimum absolute atomic E-state index is 0.0878. The van der Waals surface area contributed by atoms with Crippen molar-refractivity contribution < 1.29 is 23.1 Å². The average Bonchev–Trinajstić information content (AvgIpc) is 2.86. The first-order valence-corrected chi connectivity index (χ1v) is 8.23. The molecule has 0 bridgehead atoms. The number of halogens is 3. The van der Waals surface area contributed by atoms with E-state index < -0.39 is 12.7 Å². The van der Waals surface area contributed by atoms with Crippen molar-refractivity contribution in [3.05, 3.63) is 0 Å². The van der Waals surface area contributed by atoms with Gasteiger partial charge in [-0.1, -0.05) is 12.8 Å². The maximum Gasteiger partial charge on any atom is 0.401 e. The lowest BCUT2D eigenvalue weighted by molar-refractivity contribution is -0.143. The molecule has 1 saturated carbocycles. The maximum atomic E-state index is 12.4. The molecule has 0 spiro atoms. The van der Waals surface area contributed by atoms with E-state index in [0.29, 0.717) is 19.5 Å². The van der Waals surface area contributed by atoms with Crippen molar-refractivity contribution in [1.29, 1.82) is 0 Å². The third kappa shape index (κ3) is 5.84. The van der Waals surface area contributed by atoms with Gasteiger partial charge in [0.05, 0.1) is 12.6 Å². The second-order valence-corrected chi connectivity index (χ2v) is 6.78. The SMILES string of the molecule is CN(C[C@@H]1CCCC[C@H]1O)C(=O)N[C@@H]1CCN(CC(F)(F)F)C1. The van der Waals surface area contributed by atoms with Crippen molar-refractivity contribution in [3.63, 3.8) is 0 Å². The lowest BCUT2D eigenvalue weighted by atomic mass is 9.86. The monoisotopic (exact) mass is 337 g/mol. The standard InChI is InChI=1S/C15H26F3N3O2/c1-20(8-11-4-2-3-5-13(11)22)14(23)19-12-6-7-21(9-12)10-15(16,17)18/h11-13,22H,2-10H2,1H3,(H,19,23)/t11-,12+,13+/m0/s1. The summed E-state index contributed by atoms with van der Waals surface area (Å²) in [4.78, 5) is 15.0. The van der Waals surface area contributed by atoms with Crippen LogP contribution in [0.25, 0.3) is 0 Å². The van der Waals surface area contributed by atoms with Crippen LogP contribution in [0.3, 0.4) is 0 Å². The Morgan fingerprint density at radius 3 is 2.65 bits per heavy atom. The Morgan fingerprint density at radius 2 is 2.00 bits per heavy atom. The van der Waals surface area contributed by atoms with Gasteiger partial charge in [0.2, 0.25) is 0 Å². The fourth-order valence-electron chi connectivity index (χ4n) is 3.47. The molecule has 3 atom stereocenters. The third-order valence-corrected chi connectivity index (χ3v) is 4.73. The van der Waals surface area contributed by atoms with Gasteiger partial charge in [-0.2, -0.15) is 13.2 Å². The second-order valence-electron chi connectivity index (χ2n) is 6.78. The van der Waals surface area contributed by atoms with Crippen molar-refractivity contribution in [2.24, 2.45) is 5.92 Å². The largest absolute Gasteiger partial charge is 0.401 e. The third-order valence-electron chi connectivity index (χ3n) is 4.73. The molecule has 2 fully saturated rings. The Balaban J connectivity index is 1.73. The summed E-state index contributed by atoms with van der Waals surface area (Å²) >= 11 is 0. The molecule has 23 heavy (non-hydrogen) atoms. The molecule has 2 amide bonds. The number of alkyl halides is 3. The Morgan fingerprint density at radius 1 is 1.30 bits per heavy atom. The normalized spacial score (nSPS) is 29.5. The van der Waals surface area contributed by atoms with Gasteiger partial charge in [0.1, 0.15) is 0 Å². The molecule has 0 aromatic rings. The molecule has 0 aromatic heterocycles. The fourth-order valence-corrected chi connectivity index (χ4v) is 3.47. The molecule has 2 aliphatic rings. The lowest BCUT2D eigenvalue weighted by Gasteiger charge is -2.31. The fraction of sp³-hybridized carbons (Fsp3) is 0.933. The topological polar surface area (TPSA) is 55.8 Å². The van der Waals surface area contributed by atoms with E-state index in [1.807, 2.05) is 0 Å². The predicted octanol–water partition coefficient (Wildman–Crippen LogP) is 1.82. The molecule has 1 aliphatic heterocycles. The summed E-state index contributed by atoms with van der Waals surface area (Å²) < 4.78 is 37.1. The number of rotatable bonds is 4. The van der Waals surface area contributed by atoms with Crippen LogP contribution in [0.5, 0.6) is 0 Å². The summed E-state index contributed by atoms with van der Waals surface area (Å²) in [5.41, 5.74) is 0. The van der Waals surface area contributed by atoms with Gasteiger partial charge in [-0.3, -0.25) is 4.90 Å². The highest BCUT2D eigenvalue weighted by atomic mass is 19.4. The van der Waals surface area contributed by atoms with E-state index in [1.54, 1.807) is 7.05 Å². The van der Waals surface area contributed by atoms with E-state index in [-0.39, 0.29) is 30.6 Å². The zero-order valence-corrected chi connectivity index (χ0v) is 13.5. The van der Waals surface area contributed by atoms with Crippen molar-refractivity contribution in [1.82, 2.24) is 15.1 Å². The van der Waals surface area contributed by atoms with E-state index in [2.05, 4.69) is 5.32 Å². The zero-order valence-electron chi connectivity index (χ0n) is 13.5. The van der Waals surface area contributed by atoms with Crippen molar-refractivity contribution in [2.45, 2.75) is 50.4 Å². The van der Waals surface area contributed by atoms with Crippen LogP contribution in [0.15, 0.2) is 0 Å². The van der Waals surface area contributed by atoms with Gasteiger partial charge in [-0.05, 0) is 19.3 Å². The summed E-state index contributed by atoms with van der Waals surface area (Å²) in [7, 11) is 1.67. The van der Waals surface area contributed by atoms with Crippen LogP contribution in [0.4, 0.5) is 18.0 Å². The van der Waals surface area contributed by atoms with Crippen LogP contribution in [0.2, 0.25) is 0 Å². The van der Waals surface area contributed by atoms with E-state index in [1.165, 1.54) is 9.80 Å². The number of nitrogens with one attached hydrogen (secondary N) is 1. The summed E-state index contributed by atoms with van der Waals surface area (Å²) in [6.45, 7) is 0.121. The van der Waals surface area contributed by atoms with Crippen LogP contribution >= 0.6 is 0 Å². The Kier molecular flexibility index (Phi) is 6.13. The van der Waals surface area contributed by atoms with Crippen LogP contribution < -0.4 is 5.32 Å². The molecule has 2 N–H and O–H groups in total. The average molecular weight is 337 g/mol. The van der Waals surface area contributed by atoms with Crippen LogP contribution in [0, 0.1) is 5.92 Å². The molecule has 134 valence electrons. The highest BCUT2D eigenvalue weighted by molar-refractivity contribution is 5.74. The van der Waals surface area contributed by atoms with E-state index in [0.717, 1.165) is 25.7 Å². The number of carbonyl (C=O) groups excluding carboxylic acids is 1. The first kappa shape index (κ1) is 18.3. The Bertz CT molecular complexity index is 406. The van der Waals surface area contributed by atoms with Crippen molar-refractivity contribution in [3.8, 4) is 0 Å². The Labute approximate surface area is 134 Å². The van der Waals surface area contributed by atoms with E-state index in [4.69, 9.17) is 0 Å². The molecule has 1 heterocycles. The molecular weight excluding hydrogens is 311 g/mol. The number of nitrogens with zero attached hydrogens (tertiary/aromatic N) is 2.